The molecule has 1 heterocycles. The molecule has 0 saturated heterocycles. The first-order valence-electron chi connectivity index (χ1n) is 6.95. The van der Waals surface area contributed by atoms with Gasteiger partial charge in [0.25, 0.3) is 0 Å². The Kier molecular flexibility index (Phi) is 3.33. The second-order valence-electron chi connectivity index (χ2n) is 5.13. The van der Waals surface area contributed by atoms with E-state index in [2.05, 4.69) is 0 Å². The summed E-state index contributed by atoms with van der Waals surface area (Å²) in [5.41, 5.74) is 1.05. The van der Waals surface area contributed by atoms with Gasteiger partial charge in [0.1, 0.15) is 5.78 Å². The highest BCUT2D eigenvalue weighted by Crippen LogP contribution is 2.28. The van der Waals surface area contributed by atoms with Crippen LogP contribution in [0.3, 0.4) is 0 Å². The predicted octanol–water partition coefficient (Wildman–Crippen LogP) is 2.44. The maximum absolute atomic E-state index is 12.4. The molecule has 3 rings (SSSR count). The van der Waals surface area contributed by atoms with Crippen LogP contribution in [-0.2, 0) is 9.53 Å². The molecule has 0 unspecified atom stereocenters. The molecule has 2 aromatic rings. The minimum atomic E-state index is -0.440. The number of Topliss-reactive ketones (excluding diaryl/α,β-unsaturated/α-hetero) is 1. The van der Waals surface area contributed by atoms with Gasteiger partial charge >= 0.3 is 5.97 Å². The zero-order valence-electron chi connectivity index (χ0n) is 11.7. The van der Waals surface area contributed by atoms with Gasteiger partial charge in [-0.25, -0.2) is 4.79 Å². The molecule has 1 aromatic heterocycles. The molecular formula is C16H15NO4. The number of esters is 1. The van der Waals surface area contributed by atoms with Gasteiger partial charge in [-0.1, -0.05) is 18.2 Å². The minimum Gasteiger partial charge on any atom is -0.462 e. The number of ketones is 1. The van der Waals surface area contributed by atoms with Crippen LogP contribution < -0.4 is 0 Å². The van der Waals surface area contributed by atoms with E-state index in [4.69, 9.17) is 4.74 Å². The smallest absolute Gasteiger partial charge is 0.340 e. The van der Waals surface area contributed by atoms with E-state index in [0.29, 0.717) is 29.3 Å². The van der Waals surface area contributed by atoms with E-state index in [1.54, 1.807) is 19.1 Å². The zero-order valence-corrected chi connectivity index (χ0v) is 11.7. The van der Waals surface area contributed by atoms with Crippen molar-refractivity contribution in [1.82, 2.24) is 4.57 Å². The Morgan fingerprint density at radius 3 is 2.67 bits per heavy atom. The molecule has 1 aromatic carbocycles. The predicted molar refractivity (Wildman–Crippen MR) is 76.3 cm³/mol. The Hall–Kier alpha value is -2.43. The van der Waals surface area contributed by atoms with Gasteiger partial charge in [0.2, 0.25) is 5.91 Å². The SMILES string of the molecule is CCOC(=O)c1cn(C(=O)C2CC(=O)C2)c2ccccc12. The molecule has 0 radical (unpaired) electrons. The first-order valence-corrected chi connectivity index (χ1v) is 6.95. The van der Waals surface area contributed by atoms with Crippen LogP contribution in [0.1, 0.15) is 34.9 Å². The minimum absolute atomic E-state index is 0.107. The van der Waals surface area contributed by atoms with Crippen LogP contribution in [0.15, 0.2) is 30.5 Å². The largest absolute Gasteiger partial charge is 0.462 e. The van der Waals surface area contributed by atoms with E-state index in [0.717, 1.165) is 0 Å². The fourth-order valence-electron chi connectivity index (χ4n) is 2.59. The summed E-state index contributed by atoms with van der Waals surface area (Å²) in [5.74, 6) is -0.745. The molecular weight excluding hydrogens is 270 g/mol. The Morgan fingerprint density at radius 1 is 1.29 bits per heavy atom. The highest BCUT2D eigenvalue weighted by molar-refractivity contribution is 6.08. The summed E-state index contributed by atoms with van der Waals surface area (Å²) in [5, 5.41) is 0.690. The number of benzene rings is 1. The summed E-state index contributed by atoms with van der Waals surface area (Å²) >= 11 is 0. The number of fused-ring (bicyclic) bond motifs is 1. The fraction of sp³-hybridized carbons (Fsp3) is 0.312. The van der Waals surface area contributed by atoms with Crippen molar-refractivity contribution >= 4 is 28.6 Å². The first-order chi connectivity index (χ1) is 10.1. The van der Waals surface area contributed by atoms with Crippen molar-refractivity contribution in [3.8, 4) is 0 Å². The van der Waals surface area contributed by atoms with Crippen LogP contribution in [0.25, 0.3) is 10.9 Å². The molecule has 0 amide bonds. The Balaban J connectivity index is 2.04. The summed E-state index contributed by atoms with van der Waals surface area (Å²) in [4.78, 5) is 35.5. The Morgan fingerprint density at radius 2 is 2.00 bits per heavy atom. The van der Waals surface area contributed by atoms with Crippen molar-refractivity contribution in [3.05, 3.63) is 36.0 Å². The van der Waals surface area contributed by atoms with E-state index >= 15 is 0 Å². The highest BCUT2D eigenvalue weighted by atomic mass is 16.5. The van der Waals surface area contributed by atoms with Gasteiger partial charge in [-0.2, -0.15) is 0 Å². The van der Waals surface area contributed by atoms with Gasteiger partial charge in [0.15, 0.2) is 0 Å². The van der Waals surface area contributed by atoms with Gasteiger partial charge in [0.05, 0.1) is 23.6 Å². The second-order valence-corrected chi connectivity index (χ2v) is 5.13. The third-order valence-electron chi connectivity index (χ3n) is 3.74. The Bertz CT molecular complexity index is 736. The lowest BCUT2D eigenvalue weighted by molar-refractivity contribution is -0.125. The van der Waals surface area contributed by atoms with E-state index in [1.165, 1.54) is 10.8 Å². The van der Waals surface area contributed by atoms with Gasteiger partial charge in [0, 0.05) is 24.4 Å². The lowest BCUT2D eigenvalue weighted by atomic mass is 9.83. The molecule has 0 bridgehead atoms. The van der Waals surface area contributed by atoms with Crippen LogP contribution in [0.4, 0.5) is 0 Å². The molecule has 0 N–H and O–H groups in total. The molecule has 5 nitrogen and oxygen atoms in total. The quantitative estimate of drug-likeness (QED) is 0.812. The summed E-state index contributed by atoms with van der Waals surface area (Å²) in [6, 6.07) is 7.20. The summed E-state index contributed by atoms with van der Waals surface area (Å²) in [6.45, 7) is 2.02. The van der Waals surface area contributed by atoms with Gasteiger partial charge < -0.3 is 4.74 Å². The summed E-state index contributed by atoms with van der Waals surface area (Å²) < 4.78 is 6.50. The van der Waals surface area contributed by atoms with Crippen LogP contribution >= 0.6 is 0 Å². The number of rotatable bonds is 3. The average molecular weight is 285 g/mol. The fourth-order valence-corrected chi connectivity index (χ4v) is 2.59. The van der Waals surface area contributed by atoms with E-state index in [-0.39, 0.29) is 24.2 Å². The van der Waals surface area contributed by atoms with E-state index in [1.807, 2.05) is 12.1 Å². The lowest BCUT2D eigenvalue weighted by Gasteiger charge is -2.22. The molecule has 1 fully saturated rings. The van der Waals surface area contributed by atoms with Crippen LogP contribution in [-0.4, -0.2) is 28.8 Å². The molecule has 0 aliphatic heterocycles. The van der Waals surface area contributed by atoms with Crippen molar-refractivity contribution in [3.63, 3.8) is 0 Å². The van der Waals surface area contributed by atoms with Gasteiger partial charge in [-0.05, 0) is 13.0 Å². The zero-order chi connectivity index (χ0) is 15.0. The number of para-hydroxylation sites is 1. The molecule has 108 valence electrons. The topological polar surface area (TPSA) is 65.4 Å². The molecule has 1 aliphatic rings. The standard InChI is InChI=1S/C16H15NO4/c1-2-21-16(20)13-9-17(14-6-4-3-5-12(13)14)15(19)10-7-11(18)8-10/h3-6,9-10H,2,7-8H2,1H3. The summed E-state index contributed by atoms with van der Waals surface area (Å²) in [6.07, 6.45) is 2.11. The van der Waals surface area contributed by atoms with Crippen LogP contribution in [0.5, 0.6) is 0 Å². The average Bonchev–Trinajstić information content (AvgIpc) is 2.83. The van der Waals surface area contributed by atoms with E-state index in [9.17, 15) is 14.4 Å². The molecule has 0 atom stereocenters. The van der Waals surface area contributed by atoms with Crippen molar-refractivity contribution in [2.45, 2.75) is 19.8 Å². The molecule has 21 heavy (non-hydrogen) atoms. The highest BCUT2D eigenvalue weighted by Gasteiger charge is 2.34. The maximum Gasteiger partial charge on any atom is 0.340 e. The monoisotopic (exact) mass is 285 g/mol. The van der Waals surface area contributed by atoms with Crippen LogP contribution in [0, 0.1) is 5.92 Å². The van der Waals surface area contributed by atoms with Gasteiger partial charge in [-0.15, -0.1) is 0 Å². The maximum atomic E-state index is 12.4. The number of aromatic nitrogens is 1. The summed E-state index contributed by atoms with van der Waals surface area (Å²) in [7, 11) is 0. The van der Waals surface area contributed by atoms with Crippen molar-refractivity contribution in [2.24, 2.45) is 5.92 Å². The number of ether oxygens (including phenoxy) is 1. The van der Waals surface area contributed by atoms with Crippen LogP contribution in [0.2, 0.25) is 0 Å². The van der Waals surface area contributed by atoms with Gasteiger partial charge in [-0.3, -0.25) is 14.2 Å². The van der Waals surface area contributed by atoms with Crippen molar-refractivity contribution in [2.75, 3.05) is 6.61 Å². The molecule has 0 spiro atoms. The number of carbonyl (C=O) groups excluding carboxylic acids is 3. The number of hydrogen-bond donors (Lipinski definition) is 0. The third-order valence-corrected chi connectivity index (χ3v) is 3.74. The normalized spacial score (nSPS) is 15.0. The number of nitrogens with zero attached hydrogens (tertiary/aromatic N) is 1. The first kappa shape index (κ1) is 13.5. The Labute approximate surface area is 121 Å². The molecule has 5 heteroatoms. The molecule has 1 saturated carbocycles. The number of hydrogen-bond acceptors (Lipinski definition) is 4. The lowest BCUT2D eigenvalue weighted by Crippen LogP contribution is -2.33. The van der Waals surface area contributed by atoms with E-state index < -0.39 is 5.97 Å². The van der Waals surface area contributed by atoms with Crippen molar-refractivity contribution < 1.29 is 19.1 Å². The number of carbonyl (C=O) groups is 3. The third kappa shape index (κ3) is 2.24. The second kappa shape index (κ2) is 5.16. The molecule has 1 aliphatic carbocycles. The van der Waals surface area contributed by atoms with Crippen molar-refractivity contribution in [1.29, 1.82) is 0 Å².